The number of rotatable bonds is 14. The van der Waals surface area contributed by atoms with E-state index in [4.69, 9.17) is 5.11 Å². The monoisotopic (exact) mass is 470 g/mol. The summed E-state index contributed by atoms with van der Waals surface area (Å²) >= 11 is 0. The molecular weight excluding hydrogens is 420 g/mol. The zero-order valence-corrected chi connectivity index (χ0v) is 23.4. The van der Waals surface area contributed by atoms with Crippen molar-refractivity contribution in [3.8, 4) is 12.0 Å². The smallest absolute Gasteiger partial charge is 0.234 e. The molecule has 1 atom stereocenters. The average Bonchev–Trinajstić information content (AvgIpc) is 2.67. The topological polar surface area (TPSA) is 61.4 Å². The van der Waals surface area contributed by atoms with E-state index in [1.54, 1.807) is 0 Å². The van der Waals surface area contributed by atoms with Gasteiger partial charge < -0.3 is 15.7 Å². The molecule has 0 spiro atoms. The summed E-state index contributed by atoms with van der Waals surface area (Å²) in [6.45, 7) is 19.3. The van der Waals surface area contributed by atoms with Gasteiger partial charge in [0.2, 0.25) is 5.91 Å². The largest absolute Gasteiger partial charge is 0.462 e. The fourth-order valence-corrected chi connectivity index (χ4v) is 5.49. The van der Waals surface area contributed by atoms with Crippen LogP contribution < -0.4 is 10.6 Å². The molecule has 3 N–H and O–H groups in total. The highest BCUT2D eigenvalue weighted by Crippen LogP contribution is 2.42. The van der Waals surface area contributed by atoms with Crippen LogP contribution in [-0.4, -0.2) is 30.1 Å². The van der Waals surface area contributed by atoms with Gasteiger partial charge in [-0.1, -0.05) is 75.3 Å². The van der Waals surface area contributed by atoms with Gasteiger partial charge in [0.1, 0.15) is 6.11 Å². The molecule has 0 saturated heterocycles. The second kappa shape index (κ2) is 14.2. The summed E-state index contributed by atoms with van der Waals surface area (Å²) < 4.78 is 0. The first-order chi connectivity index (χ1) is 15.8. The molecule has 0 aromatic carbocycles. The Morgan fingerprint density at radius 3 is 1.82 bits per heavy atom. The van der Waals surface area contributed by atoms with Crippen LogP contribution in [0.5, 0.6) is 0 Å². The molecule has 0 aromatic heterocycles. The van der Waals surface area contributed by atoms with Gasteiger partial charge in [-0.3, -0.25) is 4.79 Å². The van der Waals surface area contributed by atoms with Gasteiger partial charge in [0.05, 0.1) is 5.41 Å². The zero-order valence-electron chi connectivity index (χ0n) is 23.4. The third kappa shape index (κ3) is 10.3. The lowest BCUT2D eigenvalue weighted by Gasteiger charge is -2.41. The average molecular weight is 471 g/mol. The molecule has 1 amide bonds. The lowest BCUT2D eigenvalue weighted by atomic mass is 9.68. The van der Waals surface area contributed by atoms with E-state index in [-0.39, 0.29) is 22.7 Å². The molecule has 0 radical (unpaired) electrons. The van der Waals surface area contributed by atoms with E-state index < -0.39 is 11.0 Å². The van der Waals surface area contributed by atoms with Gasteiger partial charge in [0.15, 0.2) is 0 Å². The summed E-state index contributed by atoms with van der Waals surface area (Å²) in [5.41, 5.74) is -1.59. The molecule has 0 aromatic rings. The Kier molecular flexibility index (Phi) is 13.3. The molecule has 4 nitrogen and oxygen atoms in total. The molecule has 0 bridgehead atoms. The zero-order chi connectivity index (χ0) is 26.5. The van der Waals surface area contributed by atoms with Crippen LogP contribution in [0.1, 0.15) is 81.6 Å². The molecule has 0 rings (SSSR count). The van der Waals surface area contributed by atoms with Crippen molar-refractivity contribution in [3.63, 3.8) is 0 Å². The fourth-order valence-electron chi connectivity index (χ4n) is 5.49. The summed E-state index contributed by atoms with van der Waals surface area (Å²) in [6.07, 6.45) is 20.8. The minimum atomic E-state index is -0.774. The van der Waals surface area contributed by atoms with Crippen molar-refractivity contribution in [1.82, 2.24) is 10.6 Å². The lowest BCUT2D eigenvalue weighted by molar-refractivity contribution is -0.129. The van der Waals surface area contributed by atoms with Crippen molar-refractivity contribution in [2.75, 3.05) is 13.6 Å². The summed E-state index contributed by atoms with van der Waals surface area (Å²) in [6, 6.07) is 0. The predicted molar refractivity (Wildman–Crippen MR) is 147 cm³/mol. The standard InChI is InChI=1S/C30H50N2O2/c1-11-16-29(17-12-2,24-31-10)23-28(8,9)32-26(34)30(18-13-3,19-14-4)22-27(6,7)21-25(5)15-20-33/h11-14,16-19,25,31,33H,21-24H2,1-10H3,(H,32,34). The number of carbonyl (C=O) groups excluding carboxylic acids is 1. The Hall–Kier alpha value is -2.25. The molecule has 34 heavy (non-hydrogen) atoms. The fraction of sp³-hybridized carbons (Fsp3) is 0.633. The van der Waals surface area contributed by atoms with E-state index in [0.717, 1.165) is 19.4 Å². The van der Waals surface area contributed by atoms with Crippen molar-refractivity contribution < 1.29 is 9.90 Å². The first kappa shape index (κ1) is 31.8. The normalized spacial score (nSPS) is 17.6. The number of carbonyl (C=O) groups is 1. The van der Waals surface area contributed by atoms with E-state index >= 15 is 0 Å². The third-order valence-electron chi connectivity index (χ3n) is 6.02. The van der Waals surface area contributed by atoms with Gasteiger partial charge in [0.25, 0.3) is 0 Å². The minimum Gasteiger partial charge on any atom is -0.462 e. The van der Waals surface area contributed by atoms with Crippen LogP contribution in [0.2, 0.25) is 0 Å². The molecule has 0 saturated carbocycles. The molecule has 0 heterocycles. The molecule has 192 valence electrons. The predicted octanol–water partition coefficient (Wildman–Crippen LogP) is 6.54. The Morgan fingerprint density at radius 1 is 0.912 bits per heavy atom. The van der Waals surface area contributed by atoms with Crippen LogP contribution in [0.4, 0.5) is 0 Å². The van der Waals surface area contributed by atoms with Crippen molar-refractivity contribution in [1.29, 1.82) is 0 Å². The summed E-state index contributed by atoms with van der Waals surface area (Å²) in [5.74, 6) is 2.87. The van der Waals surface area contributed by atoms with Gasteiger partial charge in [-0.05, 0) is 73.3 Å². The number of hydrogen-bond donors (Lipinski definition) is 3. The maximum atomic E-state index is 14.0. The Balaban J connectivity index is 6.17. The van der Waals surface area contributed by atoms with Crippen LogP contribution >= 0.6 is 0 Å². The highest BCUT2D eigenvalue weighted by molar-refractivity contribution is 5.87. The van der Waals surface area contributed by atoms with Crippen molar-refractivity contribution >= 4 is 5.91 Å². The van der Waals surface area contributed by atoms with Crippen molar-refractivity contribution in [3.05, 3.63) is 48.6 Å². The van der Waals surface area contributed by atoms with Gasteiger partial charge in [-0.25, -0.2) is 0 Å². The van der Waals surface area contributed by atoms with Gasteiger partial charge in [-0.15, -0.1) is 0 Å². The molecule has 0 aliphatic rings. The van der Waals surface area contributed by atoms with Gasteiger partial charge in [-0.2, -0.15) is 0 Å². The molecule has 1 unspecified atom stereocenters. The van der Waals surface area contributed by atoms with E-state index in [9.17, 15) is 4.79 Å². The molecule has 4 heteroatoms. The highest BCUT2D eigenvalue weighted by Gasteiger charge is 2.42. The summed E-state index contributed by atoms with van der Waals surface area (Å²) in [5, 5.41) is 15.7. The quantitative estimate of drug-likeness (QED) is 0.199. The van der Waals surface area contributed by atoms with Crippen LogP contribution in [0.15, 0.2) is 48.6 Å². The van der Waals surface area contributed by atoms with E-state index in [0.29, 0.717) is 6.42 Å². The maximum absolute atomic E-state index is 14.0. The molecule has 0 fully saturated rings. The lowest BCUT2D eigenvalue weighted by Crippen LogP contribution is -2.53. The SMILES string of the molecule is CC=CC(C=CC)(CNC)CC(C)(C)NC(=O)C(C=CC)(C=CC)CC(C)(C)CC(C)C#CO. The van der Waals surface area contributed by atoms with E-state index in [2.05, 4.69) is 68.6 Å². The second-order valence-corrected chi connectivity index (χ2v) is 11.0. The summed E-state index contributed by atoms with van der Waals surface area (Å²) in [7, 11) is 1.96. The number of allylic oxidation sites excluding steroid dienone is 4. The Bertz CT molecular complexity index is 779. The Morgan fingerprint density at radius 2 is 1.41 bits per heavy atom. The molecule has 0 aliphatic carbocycles. The third-order valence-corrected chi connectivity index (χ3v) is 6.02. The van der Waals surface area contributed by atoms with Crippen LogP contribution in [0.3, 0.4) is 0 Å². The minimum absolute atomic E-state index is 0.00184. The molecular formula is C30H50N2O2. The Labute approximate surface area is 210 Å². The number of hydrogen-bond acceptors (Lipinski definition) is 3. The first-order valence-electron chi connectivity index (χ1n) is 12.5. The van der Waals surface area contributed by atoms with Gasteiger partial charge >= 0.3 is 0 Å². The second-order valence-electron chi connectivity index (χ2n) is 11.0. The number of nitrogens with one attached hydrogen (secondary N) is 2. The number of aliphatic hydroxyl groups excluding tert-OH is 1. The van der Waals surface area contributed by atoms with Crippen molar-refractivity contribution in [2.24, 2.45) is 22.2 Å². The van der Waals surface area contributed by atoms with Crippen LogP contribution in [0.25, 0.3) is 0 Å². The van der Waals surface area contributed by atoms with Gasteiger partial charge in [0, 0.05) is 23.4 Å². The molecule has 0 aliphatic heterocycles. The summed E-state index contributed by atoms with van der Waals surface area (Å²) in [4.78, 5) is 14.0. The first-order valence-corrected chi connectivity index (χ1v) is 12.5. The number of aliphatic hydroxyl groups is 1. The van der Waals surface area contributed by atoms with Crippen LogP contribution in [0, 0.1) is 34.2 Å². The van der Waals surface area contributed by atoms with Crippen molar-refractivity contribution in [2.45, 2.75) is 87.1 Å². The number of amides is 1. The van der Waals surface area contributed by atoms with Crippen LogP contribution in [-0.2, 0) is 4.79 Å². The van der Waals surface area contributed by atoms with E-state index in [1.165, 1.54) is 0 Å². The van der Waals surface area contributed by atoms with E-state index in [1.807, 2.05) is 72.1 Å². The highest BCUT2D eigenvalue weighted by atomic mass is 16.2. The maximum Gasteiger partial charge on any atom is 0.234 e.